The Bertz CT molecular complexity index is 651. The van der Waals surface area contributed by atoms with Crippen LogP contribution in [0.2, 0.25) is 0 Å². The fraction of sp³-hybridized carbons (Fsp3) is 0.385. The van der Waals surface area contributed by atoms with Gasteiger partial charge in [-0.25, -0.2) is 4.98 Å². The number of aryl methyl sites for hydroxylation is 1. The topological polar surface area (TPSA) is 71.2 Å². The molecular formula is C13H16N4OS. The summed E-state index contributed by atoms with van der Waals surface area (Å²) < 4.78 is 1.09. The van der Waals surface area contributed by atoms with Gasteiger partial charge in [0.1, 0.15) is 6.04 Å². The lowest BCUT2D eigenvalue weighted by Crippen LogP contribution is -2.54. The Hall–Kier alpha value is -1.82. The van der Waals surface area contributed by atoms with Gasteiger partial charge < -0.3 is 16.0 Å². The molecule has 1 aliphatic heterocycles. The number of hydrogen-bond donors (Lipinski definition) is 2. The minimum absolute atomic E-state index is 0.0419. The average molecular weight is 276 g/mol. The Morgan fingerprint density at radius 3 is 3.11 bits per heavy atom. The molecule has 0 saturated carbocycles. The summed E-state index contributed by atoms with van der Waals surface area (Å²) in [6.45, 7) is 5.30. The van der Waals surface area contributed by atoms with Crippen molar-refractivity contribution in [2.45, 2.75) is 19.9 Å². The first-order chi connectivity index (χ1) is 9.06. The Kier molecular flexibility index (Phi) is 2.82. The second-order valence-electron chi connectivity index (χ2n) is 4.77. The first-order valence-corrected chi connectivity index (χ1v) is 7.09. The van der Waals surface area contributed by atoms with Crippen molar-refractivity contribution in [2.24, 2.45) is 0 Å². The van der Waals surface area contributed by atoms with Crippen LogP contribution >= 0.6 is 11.3 Å². The molecule has 19 heavy (non-hydrogen) atoms. The molecule has 1 amide bonds. The number of carbonyl (C=O) groups excluding carboxylic acids is 1. The maximum Gasteiger partial charge on any atom is 0.242 e. The van der Waals surface area contributed by atoms with Crippen molar-refractivity contribution in [1.29, 1.82) is 0 Å². The van der Waals surface area contributed by atoms with Crippen molar-refractivity contribution in [1.82, 2.24) is 10.3 Å². The van der Waals surface area contributed by atoms with Gasteiger partial charge in [-0.2, -0.15) is 0 Å². The number of nitrogen functional groups attached to an aromatic ring is 1. The third-order valence-corrected chi connectivity index (χ3v) is 4.39. The van der Waals surface area contributed by atoms with Crippen LogP contribution < -0.4 is 16.0 Å². The van der Waals surface area contributed by atoms with Gasteiger partial charge in [-0.05, 0) is 26.0 Å². The van der Waals surface area contributed by atoms with Crippen molar-refractivity contribution < 1.29 is 4.79 Å². The van der Waals surface area contributed by atoms with Gasteiger partial charge in [-0.15, -0.1) is 11.3 Å². The summed E-state index contributed by atoms with van der Waals surface area (Å²) in [4.78, 5) is 18.3. The predicted molar refractivity (Wildman–Crippen MR) is 78.6 cm³/mol. The minimum atomic E-state index is -0.201. The molecule has 0 spiro atoms. The fourth-order valence-corrected chi connectivity index (χ4v) is 3.31. The van der Waals surface area contributed by atoms with Crippen molar-refractivity contribution in [3.63, 3.8) is 0 Å². The van der Waals surface area contributed by atoms with Crippen LogP contribution in [0.1, 0.15) is 11.9 Å². The largest absolute Gasteiger partial charge is 0.397 e. The lowest BCUT2D eigenvalue weighted by Gasteiger charge is -2.35. The van der Waals surface area contributed by atoms with E-state index in [0.717, 1.165) is 27.5 Å². The van der Waals surface area contributed by atoms with E-state index in [9.17, 15) is 4.79 Å². The van der Waals surface area contributed by atoms with E-state index in [2.05, 4.69) is 10.3 Å². The van der Waals surface area contributed by atoms with Crippen LogP contribution in [0.5, 0.6) is 0 Å². The predicted octanol–water partition coefficient (Wildman–Crippen LogP) is 1.51. The van der Waals surface area contributed by atoms with Crippen LogP contribution in [0.25, 0.3) is 10.2 Å². The highest BCUT2D eigenvalue weighted by Gasteiger charge is 2.27. The van der Waals surface area contributed by atoms with Crippen LogP contribution in [0.3, 0.4) is 0 Å². The Morgan fingerprint density at radius 1 is 1.53 bits per heavy atom. The zero-order chi connectivity index (χ0) is 13.6. The monoisotopic (exact) mass is 276 g/mol. The highest BCUT2D eigenvalue weighted by Crippen LogP contribution is 2.33. The maximum absolute atomic E-state index is 11.7. The molecule has 1 atom stereocenters. The number of nitrogens with one attached hydrogen (secondary N) is 1. The number of hydrogen-bond acceptors (Lipinski definition) is 5. The molecule has 0 radical (unpaired) electrons. The van der Waals surface area contributed by atoms with Crippen LogP contribution in [-0.2, 0) is 4.79 Å². The molecule has 3 N–H and O–H groups in total. The second kappa shape index (κ2) is 4.38. The molecule has 100 valence electrons. The summed E-state index contributed by atoms with van der Waals surface area (Å²) in [6.07, 6.45) is 0. The number of thiazole rings is 1. The SMILES string of the molecule is Cc1nc2cc(N3CCNC(=O)C3C)c(N)cc2s1. The third kappa shape index (κ3) is 2.02. The summed E-state index contributed by atoms with van der Waals surface area (Å²) in [7, 11) is 0. The summed E-state index contributed by atoms with van der Waals surface area (Å²) in [5.41, 5.74) is 8.70. The molecule has 1 saturated heterocycles. The number of nitrogens with two attached hydrogens (primary N) is 1. The number of anilines is 2. The van der Waals surface area contributed by atoms with E-state index in [1.54, 1.807) is 11.3 Å². The molecule has 5 nitrogen and oxygen atoms in total. The van der Waals surface area contributed by atoms with Gasteiger partial charge in [-0.3, -0.25) is 4.79 Å². The van der Waals surface area contributed by atoms with Crippen molar-refractivity contribution >= 4 is 38.8 Å². The number of rotatable bonds is 1. The Balaban J connectivity index is 2.08. The molecule has 1 aliphatic rings. The zero-order valence-electron chi connectivity index (χ0n) is 10.9. The van der Waals surface area contributed by atoms with E-state index >= 15 is 0 Å². The molecule has 1 fully saturated rings. The first kappa shape index (κ1) is 12.2. The average Bonchev–Trinajstić information content (AvgIpc) is 2.71. The lowest BCUT2D eigenvalue weighted by molar-refractivity contribution is -0.122. The van der Waals surface area contributed by atoms with Gasteiger partial charge in [0.2, 0.25) is 5.91 Å². The van der Waals surface area contributed by atoms with E-state index < -0.39 is 0 Å². The normalized spacial score (nSPS) is 19.8. The Labute approximate surface area is 115 Å². The van der Waals surface area contributed by atoms with Gasteiger partial charge in [-0.1, -0.05) is 0 Å². The summed E-state index contributed by atoms with van der Waals surface area (Å²) >= 11 is 1.63. The first-order valence-electron chi connectivity index (χ1n) is 6.27. The molecule has 1 aromatic carbocycles. The second-order valence-corrected chi connectivity index (χ2v) is 6.01. The molecule has 0 aliphatic carbocycles. The van der Waals surface area contributed by atoms with E-state index in [-0.39, 0.29) is 11.9 Å². The molecule has 2 aromatic rings. The quantitative estimate of drug-likeness (QED) is 0.775. The van der Waals surface area contributed by atoms with Crippen LogP contribution in [-0.4, -0.2) is 30.0 Å². The zero-order valence-corrected chi connectivity index (χ0v) is 11.8. The van der Waals surface area contributed by atoms with Crippen molar-refractivity contribution in [3.8, 4) is 0 Å². The van der Waals surface area contributed by atoms with E-state index in [1.807, 2.05) is 30.9 Å². The fourth-order valence-electron chi connectivity index (χ4n) is 2.45. The number of nitrogens with zero attached hydrogens (tertiary/aromatic N) is 2. The summed E-state index contributed by atoms with van der Waals surface area (Å²) in [6, 6.07) is 3.74. The molecule has 1 unspecified atom stereocenters. The molecular weight excluding hydrogens is 260 g/mol. The number of benzene rings is 1. The van der Waals surface area contributed by atoms with E-state index in [4.69, 9.17) is 5.73 Å². The number of amides is 1. The molecule has 1 aromatic heterocycles. The van der Waals surface area contributed by atoms with Crippen molar-refractivity contribution in [2.75, 3.05) is 23.7 Å². The van der Waals surface area contributed by atoms with Gasteiger partial charge in [0.05, 0.1) is 26.6 Å². The summed E-state index contributed by atoms with van der Waals surface area (Å²) in [5, 5.41) is 3.88. The number of fused-ring (bicyclic) bond motifs is 1. The minimum Gasteiger partial charge on any atom is -0.397 e. The maximum atomic E-state index is 11.7. The number of piperazine rings is 1. The summed E-state index contributed by atoms with van der Waals surface area (Å²) in [5.74, 6) is 0.0419. The third-order valence-electron chi connectivity index (χ3n) is 3.45. The molecule has 2 heterocycles. The van der Waals surface area contributed by atoms with Crippen molar-refractivity contribution in [3.05, 3.63) is 17.1 Å². The highest BCUT2D eigenvalue weighted by molar-refractivity contribution is 7.18. The van der Waals surface area contributed by atoms with Crippen LogP contribution in [0.15, 0.2) is 12.1 Å². The number of carbonyl (C=O) groups is 1. The molecule has 0 bridgehead atoms. The van der Waals surface area contributed by atoms with Crippen LogP contribution in [0, 0.1) is 6.92 Å². The van der Waals surface area contributed by atoms with Crippen LogP contribution in [0.4, 0.5) is 11.4 Å². The van der Waals surface area contributed by atoms with E-state index in [0.29, 0.717) is 12.2 Å². The smallest absolute Gasteiger partial charge is 0.242 e. The van der Waals surface area contributed by atoms with Gasteiger partial charge in [0.25, 0.3) is 0 Å². The highest BCUT2D eigenvalue weighted by atomic mass is 32.1. The van der Waals surface area contributed by atoms with Gasteiger partial charge in [0.15, 0.2) is 0 Å². The Morgan fingerprint density at radius 2 is 2.32 bits per heavy atom. The molecule has 6 heteroatoms. The standard InChI is InChI=1S/C13H16N4OS/c1-7-13(18)15-3-4-17(7)11-6-10-12(5-9(11)14)19-8(2)16-10/h5-7H,3-4,14H2,1-2H3,(H,15,18). The van der Waals surface area contributed by atoms with E-state index in [1.165, 1.54) is 0 Å². The molecule has 3 rings (SSSR count). The van der Waals surface area contributed by atoms with Gasteiger partial charge >= 0.3 is 0 Å². The lowest BCUT2D eigenvalue weighted by atomic mass is 10.1. The number of aromatic nitrogens is 1. The van der Waals surface area contributed by atoms with Gasteiger partial charge in [0, 0.05) is 13.1 Å².